The highest BCUT2D eigenvalue weighted by molar-refractivity contribution is 8.01. The number of hydrogen-bond acceptors (Lipinski definition) is 11. The SMILES string of the molecule is COc1ccc(C2C(C#N)=C(N)N(c3nnc(SCC(=O)NC4CCCCC4)s3)C3=C2C(=O)CCC3)cc1OC. The molecule has 1 aliphatic heterocycles. The highest BCUT2D eigenvalue weighted by Gasteiger charge is 2.41. The van der Waals surface area contributed by atoms with Crippen LogP contribution in [0.25, 0.3) is 0 Å². The molecule has 10 nitrogen and oxygen atoms in total. The van der Waals surface area contributed by atoms with Crippen molar-refractivity contribution in [1.82, 2.24) is 15.5 Å². The number of hydrogen-bond donors (Lipinski definition) is 2. The number of thioether (sulfide) groups is 1. The molecule has 0 saturated heterocycles. The second kappa shape index (κ2) is 12.3. The second-order valence-corrected chi connectivity index (χ2v) is 12.2. The fourth-order valence-electron chi connectivity index (χ4n) is 5.67. The summed E-state index contributed by atoms with van der Waals surface area (Å²) in [5, 5.41) is 22.5. The summed E-state index contributed by atoms with van der Waals surface area (Å²) in [6, 6.07) is 7.89. The van der Waals surface area contributed by atoms with Crippen molar-refractivity contribution in [2.45, 2.75) is 67.7 Å². The first-order valence-corrected chi connectivity index (χ1v) is 15.2. The summed E-state index contributed by atoms with van der Waals surface area (Å²) >= 11 is 2.61. The van der Waals surface area contributed by atoms with Crippen LogP contribution in [0.4, 0.5) is 5.13 Å². The summed E-state index contributed by atoms with van der Waals surface area (Å²) in [5.41, 5.74) is 8.91. The third-order valence-corrected chi connectivity index (χ3v) is 9.58. The Bertz CT molecular complexity index is 1410. The number of methoxy groups -OCH3 is 2. The Labute approximate surface area is 241 Å². The first-order valence-electron chi connectivity index (χ1n) is 13.4. The van der Waals surface area contributed by atoms with Gasteiger partial charge in [0.2, 0.25) is 11.0 Å². The molecule has 1 unspecified atom stereocenters. The standard InChI is InChI=1S/C28H32N6O4S2/c1-37-21-12-11-16(13-22(21)38-2)24-18(14-29)26(30)34(19-9-6-10-20(35)25(19)24)27-32-33-28(40-27)39-15-23(36)31-17-7-4-3-5-8-17/h11-13,17,24H,3-10,15,30H2,1-2H3,(H,31,36). The molecular formula is C28H32N6O4S2. The summed E-state index contributed by atoms with van der Waals surface area (Å²) in [7, 11) is 3.10. The topological polar surface area (TPSA) is 143 Å². The van der Waals surface area contributed by atoms with Gasteiger partial charge in [-0.3, -0.25) is 14.5 Å². The lowest BCUT2D eigenvalue weighted by Gasteiger charge is -2.38. The molecule has 3 N–H and O–H groups in total. The predicted octanol–water partition coefficient (Wildman–Crippen LogP) is 4.40. The number of nitrogens with zero attached hydrogens (tertiary/aromatic N) is 4. The summed E-state index contributed by atoms with van der Waals surface area (Å²) in [4.78, 5) is 27.6. The molecule has 12 heteroatoms. The van der Waals surface area contributed by atoms with E-state index in [0.29, 0.717) is 45.8 Å². The van der Waals surface area contributed by atoms with Gasteiger partial charge in [0.05, 0.1) is 37.5 Å². The van der Waals surface area contributed by atoms with E-state index >= 15 is 0 Å². The van der Waals surface area contributed by atoms with E-state index in [0.717, 1.165) is 36.9 Å². The van der Waals surface area contributed by atoms with Gasteiger partial charge in [-0.05, 0) is 43.4 Å². The summed E-state index contributed by atoms with van der Waals surface area (Å²) in [5.74, 6) is 0.848. The Balaban J connectivity index is 1.43. The van der Waals surface area contributed by atoms with Crippen LogP contribution in [0.5, 0.6) is 11.5 Å². The largest absolute Gasteiger partial charge is 0.493 e. The predicted molar refractivity (Wildman–Crippen MR) is 153 cm³/mol. The van der Waals surface area contributed by atoms with Crippen LogP contribution in [0.15, 0.2) is 45.2 Å². The maximum Gasteiger partial charge on any atom is 0.230 e. The Morgan fingerprint density at radius 1 is 1.18 bits per heavy atom. The molecule has 5 rings (SSSR count). The molecule has 0 bridgehead atoms. The molecule has 0 radical (unpaired) electrons. The van der Waals surface area contributed by atoms with Crippen molar-refractivity contribution in [1.29, 1.82) is 5.26 Å². The van der Waals surface area contributed by atoms with Crippen molar-refractivity contribution >= 4 is 39.9 Å². The third-order valence-electron chi connectivity index (χ3n) is 7.54. The molecule has 2 aliphatic carbocycles. The lowest BCUT2D eigenvalue weighted by molar-refractivity contribution is -0.119. The smallest absolute Gasteiger partial charge is 0.230 e. The van der Waals surface area contributed by atoms with Crippen molar-refractivity contribution in [2.24, 2.45) is 5.73 Å². The lowest BCUT2D eigenvalue weighted by atomic mass is 9.75. The lowest BCUT2D eigenvalue weighted by Crippen LogP contribution is -2.38. The molecule has 40 heavy (non-hydrogen) atoms. The Kier molecular flexibility index (Phi) is 8.61. The Morgan fingerprint density at radius 2 is 1.95 bits per heavy atom. The molecule has 2 heterocycles. The minimum Gasteiger partial charge on any atom is -0.493 e. The number of rotatable bonds is 8. The van der Waals surface area contributed by atoms with Crippen LogP contribution in [0.3, 0.4) is 0 Å². The maximum absolute atomic E-state index is 13.4. The van der Waals surface area contributed by atoms with Crippen molar-refractivity contribution in [3.05, 3.63) is 46.4 Å². The van der Waals surface area contributed by atoms with Crippen molar-refractivity contribution in [3.8, 4) is 17.6 Å². The van der Waals surface area contributed by atoms with E-state index in [4.69, 9.17) is 15.2 Å². The van der Waals surface area contributed by atoms with Gasteiger partial charge in [0.25, 0.3) is 0 Å². The van der Waals surface area contributed by atoms with Crippen LogP contribution in [0, 0.1) is 11.3 Å². The van der Waals surface area contributed by atoms with Gasteiger partial charge in [-0.25, -0.2) is 0 Å². The van der Waals surface area contributed by atoms with E-state index in [9.17, 15) is 14.9 Å². The number of Topliss-reactive ketones (excluding diaryl/α,β-unsaturated/α-hetero) is 1. The van der Waals surface area contributed by atoms with Gasteiger partial charge in [-0.1, -0.05) is 48.4 Å². The second-order valence-electron chi connectivity index (χ2n) is 9.97. The molecule has 1 fully saturated rings. The van der Waals surface area contributed by atoms with E-state index in [1.807, 2.05) is 6.07 Å². The molecular weight excluding hydrogens is 548 g/mol. The number of nitrogens with two attached hydrogens (primary N) is 1. The van der Waals surface area contributed by atoms with E-state index in [1.165, 1.54) is 29.5 Å². The van der Waals surface area contributed by atoms with E-state index in [-0.39, 0.29) is 34.9 Å². The number of ether oxygens (including phenoxy) is 2. The minimum absolute atomic E-state index is 0.0153. The average molecular weight is 581 g/mol. The maximum atomic E-state index is 13.4. The number of benzene rings is 1. The molecule has 1 aromatic carbocycles. The van der Waals surface area contributed by atoms with Gasteiger partial charge >= 0.3 is 0 Å². The first kappa shape index (κ1) is 28.0. The highest BCUT2D eigenvalue weighted by Crippen LogP contribution is 2.48. The summed E-state index contributed by atoms with van der Waals surface area (Å²) in [6.07, 6.45) is 7.27. The molecule has 210 valence electrons. The number of aromatic nitrogens is 2. The molecule has 2 aromatic rings. The van der Waals surface area contributed by atoms with Gasteiger partial charge in [-0.15, -0.1) is 10.2 Å². The van der Waals surface area contributed by atoms with Crippen molar-refractivity contribution < 1.29 is 19.1 Å². The van der Waals surface area contributed by atoms with Crippen molar-refractivity contribution in [2.75, 3.05) is 24.9 Å². The van der Waals surface area contributed by atoms with Crippen LogP contribution in [0.2, 0.25) is 0 Å². The molecule has 1 amide bonds. The summed E-state index contributed by atoms with van der Waals surface area (Å²) in [6.45, 7) is 0. The zero-order valence-corrected chi connectivity index (χ0v) is 24.2. The van der Waals surface area contributed by atoms with Crippen LogP contribution < -0.4 is 25.4 Å². The third kappa shape index (κ3) is 5.53. The van der Waals surface area contributed by atoms with Crippen LogP contribution in [-0.4, -0.2) is 47.9 Å². The zero-order chi connectivity index (χ0) is 28.2. The number of nitrogens with one attached hydrogen (secondary N) is 1. The van der Waals surface area contributed by atoms with Gasteiger partial charge < -0.3 is 20.5 Å². The Hall–Kier alpha value is -3.56. The fraction of sp³-hybridized carbons (Fsp3) is 0.464. The van der Waals surface area contributed by atoms with Crippen LogP contribution in [0.1, 0.15) is 62.8 Å². The quantitative estimate of drug-likeness (QED) is 0.431. The number of allylic oxidation sites excluding steroid dienone is 3. The fourth-order valence-corrected chi connectivity index (χ4v) is 7.36. The van der Waals surface area contributed by atoms with Gasteiger partial charge in [0, 0.05) is 23.7 Å². The van der Waals surface area contributed by atoms with E-state index in [2.05, 4.69) is 21.6 Å². The number of nitriles is 1. The number of carbonyl (C=O) groups is 2. The monoisotopic (exact) mass is 580 g/mol. The van der Waals surface area contributed by atoms with Crippen LogP contribution >= 0.6 is 23.1 Å². The van der Waals surface area contributed by atoms with E-state index in [1.54, 1.807) is 31.3 Å². The summed E-state index contributed by atoms with van der Waals surface area (Å²) < 4.78 is 11.5. The normalized spacial score (nSPS) is 19.8. The zero-order valence-electron chi connectivity index (χ0n) is 22.6. The van der Waals surface area contributed by atoms with Crippen LogP contribution in [-0.2, 0) is 9.59 Å². The van der Waals surface area contributed by atoms with Gasteiger partial charge in [0.1, 0.15) is 5.82 Å². The Morgan fingerprint density at radius 3 is 2.67 bits per heavy atom. The number of amides is 1. The molecule has 3 aliphatic rings. The van der Waals surface area contributed by atoms with E-state index < -0.39 is 5.92 Å². The number of carbonyl (C=O) groups excluding carboxylic acids is 2. The highest BCUT2D eigenvalue weighted by atomic mass is 32.2. The minimum atomic E-state index is -0.630. The first-order chi connectivity index (χ1) is 19.4. The van der Waals surface area contributed by atoms with Gasteiger partial charge in [-0.2, -0.15) is 5.26 Å². The van der Waals surface area contributed by atoms with Crippen molar-refractivity contribution in [3.63, 3.8) is 0 Å². The average Bonchev–Trinajstić information content (AvgIpc) is 3.44. The molecule has 1 saturated carbocycles. The molecule has 1 atom stereocenters. The number of ketones is 1. The number of anilines is 1. The molecule has 1 aromatic heterocycles. The van der Waals surface area contributed by atoms with Gasteiger partial charge in [0.15, 0.2) is 21.6 Å². The molecule has 0 spiro atoms.